The van der Waals surface area contributed by atoms with E-state index < -0.39 is 0 Å². The third-order valence-electron chi connectivity index (χ3n) is 2.84. The number of nitrogens with zero attached hydrogens (tertiary/aromatic N) is 1. The van der Waals surface area contributed by atoms with Crippen LogP contribution in [0.1, 0.15) is 11.3 Å². The second kappa shape index (κ2) is 5.01. The van der Waals surface area contributed by atoms with E-state index in [-0.39, 0.29) is 0 Å². The molecular formula is C13H17N3O. The van der Waals surface area contributed by atoms with Crippen LogP contribution in [0.25, 0.3) is 11.1 Å². The number of ether oxygens (including phenoxy) is 1. The van der Waals surface area contributed by atoms with Crippen LogP contribution in [-0.4, -0.2) is 23.9 Å². The Kier molecular flexibility index (Phi) is 3.44. The Labute approximate surface area is 101 Å². The molecule has 1 aromatic carbocycles. The molecule has 2 rings (SSSR count). The molecule has 4 heteroatoms. The van der Waals surface area contributed by atoms with Crippen LogP contribution in [0.3, 0.4) is 0 Å². The van der Waals surface area contributed by atoms with E-state index in [1.165, 1.54) is 5.56 Å². The van der Waals surface area contributed by atoms with Gasteiger partial charge in [-0.15, -0.1) is 0 Å². The smallest absolute Gasteiger partial charge is 0.153 e. The Morgan fingerprint density at radius 2 is 2.12 bits per heavy atom. The maximum atomic E-state index is 5.93. The van der Waals surface area contributed by atoms with Gasteiger partial charge < -0.3 is 10.5 Å². The topological polar surface area (TPSA) is 63.9 Å². The number of nitrogens with two attached hydrogens (primary N) is 1. The van der Waals surface area contributed by atoms with E-state index in [2.05, 4.69) is 29.3 Å². The molecule has 0 aliphatic heterocycles. The number of aromatic amines is 1. The molecular weight excluding hydrogens is 214 g/mol. The Bertz CT molecular complexity index is 505. The van der Waals surface area contributed by atoms with Crippen LogP contribution in [0.15, 0.2) is 24.3 Å². The van der Waals surface area contributed by atoms with Crippen LogP contribution >= 0.6 is 0 Å². The van der Waals surface area contributed by atoms with E-state index in [0.717, 1.165) is 23.2 Å². The summed E-state index contributed by atoms with van der Waals surface area (Å²) in [6.45, 7) is 2.72. The van der Waals surface area contributed by atoms with Crippen LogP contribution in [0, 0.1) is 6.92 Å². The number of methoxy groups -OCH3 is 1. The van der Waals surface area contributed by atoms with Crippen molar-refractivity contribution in [2.24, 2.45) is 0 Å². The molecule has 0 aliphatic carbocycles. The van der Waals surface area contributed by atoms with E-state index in [1.807, 2.05) is 12.1 Å². The Balaban J connectivity index is 2.44. The first-order chi connectivity index (χ1) is 8.24. The lowest BCUT2D eigenvalue weighted by Gasteiger charge is -2.07. The van der Waals surface area contributed by atoms with Gasteiger partial charge in [-0.05, 0) is 18.1 Å². The first-order valence-electron chi connectivity index (χ1n) is 5.61. The lowest BCUT2D eigenvalue weighted by atomic mass is 9.99. The van der Waals surface area contributed by atoms with Gasteiger partial charge in [-0.3, -0.25) is 5.10 Å². The molecule has 90 valence electrons. The van der Waals surface area contributed by atoms with Crippen LogP contribution in [0.4, 0.5) is 5.82 Å². The third-order valence-corrected chi connectivity index (χ3v) is 2.84. The van der Waals surface area contributed by atoms with Gasteiger partial charge in [0, 0.05) is 24.8 Å². The predicted octanol–water partition coefficient (Wildman–Crippen LogP) is 2.16. The molecule has 3 N–H and O–H groups in total. The fourth-order valence-corrected chi connectivity index (χ4v) is 1.93. The third kappa shape index (κ3) is 2.31. The van der Waals surface area contributed by atoms with Crippen LogP contribution in [-0.2, 0) is 11.2 Å². The van der Waals surface area contributed by atoms with Gasteiger partial charge in [-0.1, -0.05) is 24.3 Å². The van der Waals surface area contributed by atoms with Crippen molar-refractivity contribution in [3.05, 3.63) is 35.5 Å². The highest BCUT2D eigenvalue weighted by atomic mass is 16.5. The molecule has 0 atom stereocenters. The molecule has 0 radical (unpaired) electrons. The van der Waals surface area contributed by atoms with E-state index in [9.17, 15) is 0 Å². The first-order valence-corrected chi connectivity index (χ1v) is 5.61. The second-order valence-electron chi connectivity index (χ2n) is 4.02. The van der Waals surface area contributed by atoms with Crippen LogP contribution in [0.2, 0.25) is 0 Å². The van der Waals surface area contributed by atoms with E-state index in [0.29, 0.717) is 12.4 Å². The molecule has 0 fully saturated rings. The normalized spacial score (nSPS) is 10.7. The summed E-state index contributed by atoms with van der Waals surface area (Å²) < 4.78 is 5.09. The number of nitrogens with one attached hydrogen (secondary N) is 1. The van der Waals surface area contributed by atoms with Gasteiger partial charge in [-0.2, -0.15) is 5.10 Å². The number of rotatable bonds is 4. The number of anilines is 1. The molecule has 0 saturated carbocycles. The molecule has 0 spiro atoms. The highest BCUT2D eigenvalue weighted by Gasteiger charge is 2.14. The van der Waals surface area contributed by atoms with E-state index in [1.54, 1.807) is 7.11 Å². The molecule has 2 aromatic rings. The molecule has 1 heterocycles. The minimum Gasteiger partial charge on any atom is -0.384 e. The minimum absolute atomic E-state index is 0.547. The summed E-state index contributed by atoms with van der Waals surface area (Å²) in [6.07, 6.45) is 0.782. The standard InChI is InChI=1S/C13H17N3O/c1-9-5-3-4-6-10(9)12-11(7-8-17-2)15-16-13(12)14/h3-6H,7-8H2,1-2H3,(H3,14,15,16). The highest BCUT2D eigenvalue weighted by molar-refractivity contribution is 5.78. The fourth-order valence-electron chi connectivity index (χ4n) is 1.93. The Morgan fingerprint density at radius 3 is 2.82 bits per heavy atom. The van der Waals surface area contributed by atoms with Gasteiger partial charge >= 0.3 is 0 Å². The van der Waals surface area contributed by atoms with Crippen molar-refractivity contribution in [1.82, 2.24) is 10.2 Å². The van der Waals surface area contributed by atoms with Crippen molar-refractivity contribution in [2.45, 2.75) is 13.3 Å². The van der Waals surface area contributed by atoms with E-state index in [4.69, 9.17) is 10.5 Å². The van der Waals surface area contributed by atoms with Crippen LogP contribution < -0.4 is 5.73 Å². The van der Waals surface area contributed by atoms with Crippen molar-refractivity contribution < 1.29 is 4.74 Å². The molecule has 0 aliphatic rings. The summed E-state index contributed by atoms with van der Waals surface area (Å²) in [5.41, 5.74) is 10.3. The summed E-state index contributed by atoms with van der Waals surface area (Å²) in [5.74, 6) is 0.547. The van der Waals surface area contributed by atoms with Crippen molar-refractivity contribution in [1.29, 1.82) is 0 Å². The van der Waals surface area contributed by atoms with Gasteiger partial charge in [0.1, 0.15) is 0 Å². The molecule has 0 unspecified atom stereocenters. The quantitative estimate of drug-likeness (QED) is 0.847. The van der Waals surface area contributed by atoms with Gasteiger partial charge in [0.2, 0.25) is 0 Å². The van der Waals surface area contributed by atoms with Gasteiger partial charge in [0.25, 0.3) is 0 Å². The zero-order chi connectivity index (χ0) is 12.3. The van der Waals surface area contributed by atoms with Gasteiger partial charge in [-0.25, -0.2) is 0 Å². The summed E-state index contributed by atoms with van der Waals surface area (Å²) in [7, 11) is 1.69. The zero-order valence-electron chi connectivity index (χ0n) is 10.2. The SMILES string of the molecule is COCCc1[nH]nc(N)c1-c1ccccc1C. The molecule has 0 bridgehead atoms. The first kappa shape index (κ1) is 11.7. The maximum Gasteiger partial charge on any atom is 0.153 e. The highest BCUT2D eigenvalue weighted by Crippen LogP contribution is 2.30. The molecule has 1 aromatic heterocycles. The lowest BCUT2D eigenvalue weighted by Crippen LogP contribution is -1.98. The number of hydrogen-bond acceptors (Lipinski definition) is 3. The number of hydrogen-bond donors (Lipinski definition) is 2. The lowest BCUT2D eigenvalue weighted by molar-refractivity contribution is 0.201. The number of aryl methyl sites for hydroxylation is 1. The predicted molar refractivity (Wildman–Crippen MR) is 68.8 cm³/mol. The number of aromatic nitrogens is 2. The largest absolute Gasteiger partial charge is 0.384 e. The average Bonchev–Trinajstić information content (AvgIpc) is 2.69. The monoisotopic (exact) mass is 231 g/mol. The van der Waals surface area contributed by atoms with Crippen molar-refractivity contribution in [2.75, 3.05) is 19.5 Å². The van der Waals surface area contributed by atoms with Crippen LogP contribution in [0.5, 0.6) is 0 Å². The van der Waals surface area contributed by atoms with Crippen molar-refractivity contribution >= 4 is 5.82 Å². The summed E-state index contributed by atoms with van der Waals surface area (Å²) in [6, 6.07) is 8.16. The Hall–Kier alpha value is -1.81. The molecule has 17 heavy (non-hydrogen) atoms. The van der Waals surface area contributed by atoms with E-state index >= 15 is 0 Å². The van der Waals surface area contributed by atoms with Gasteiger partial charge in [0.15, 0.2) is 5.82 Å². The minimum atomic E-state index is 0.547. The molecule has 0 saturated heterocycles. The van der Waals surface area contributed by atoms with Crippen molar-refractivity contribution in [3.63, 3.8) is 0 Å². The number of H-pyrrole nitrogens is 1. The summed E-state index contributed by atoms with van der Waals surface area (Å²) >= 11 is 0. The fraction of sp³-hybridized carbons (Fsp3) is 0.308. The number of benzene rings is 1. The summed E-state index contributed by atoms with van der Waals surface area (Å²) in [4.78, 5) is 0. The molecule has 0 amide bonds. The summed E-state index contributed by atoms with van der Waals surface area (Å²) in [5, 5.41) is 7.06. The average molecular weight is 231 g/mol. The number of nitrogen functional groups attached to an aromatic ring is 1. The molecule has 4 nitrogen and oxygen atoms in total. The Morgan fingerprint density at radius 1 is 1.35 bits per heavy atom. The zero-order valence-corrected chi connectivity index (χ0v) is 10.2. The van der Waals surface area contributed by atoms with Crippen molar-refractivity contribution in [3.8, 4) is 11.1 Å². The maximum absolute atomic E-state index is 5.93. The van der Waals surface area contributed by atoms with Gasteiger partial charge in [0.05, 0.1) is 6.61 Å². The second-order valence-corrected chi connectivity index (χ2v) is 4.02.